The molecule has 1 amide bonds. The van der Waals surface area contributed by atoms with Crippen LogP contribution in [0.25, 0.3) is 11.0 Å². The maximum absolute atomic E-state index is 13.1. The molecule has 2 aromatic rings. The molecule has 1 saturated carbocycles. The van der Waals surface area contributed by atoms with Gasteiger partial charge < -0.3 is 19.8 Å². The fraction of sp³-hybridized carbons (Fsp3) is 0.500. The monoisotopic (exact) mass is 319 g/mol. The lowest BCUT2D eigenvalue weighted by molar-refractivity contribution is -0.129. The lowest BCUT2D eigenvalue weighted by Gasteiger charge is -2.39. The molecule has 2 aliphatic rings. The predicted octanol–water partition coefficient (Wildman–Crippen LogP) is 1.51. The third-order valence-corrected chi connectivity index (χ3v) is 4.58. The highest BCUT2D eigenvalue weighted by Crippen LogP contribution is 2.38. The molecule has 4 rings (SSSR count). The van der Waals surface area contributed by atoms with Gasteiger partial charge in [-0.15, -0.1) is 0 Å². The van der Waals surface area contributed by atoms with Crippen LogP contribution in [0.1, 0.15) is 18.7 Å². The molecule has 1 saturated heterocycles. The first kappa shape index (κ1) is 14.6. The van der Waals surface area contributed by atoms with Gasteiger partial charge in [-0.25, -0.2) is 9.37 Å². The number of carbonyl (C=O) groups excluding carboxylic acids is 1. The Bertz CT molecular complexity index is 732. The van der Waals surface area contributed by atoms with Crippen molar-refractivity contribution in [2.75, 3.05) is 13.2 Å². The van der Waals surface area contributed by atoms with E-state index in [4.69, 9.17) is 9.47 Å². The Hall–Kier alpha value is -1.99. The molecule has 0 bridgehead atoms. The zero-order valence-corrected chi connectivity index (χ0v) is 12.5. The Morgan fingerprint density at radius 2 is 2.43 bits per heavy atom. The van der Waals surface area contributed by atoms with Crippen LogP contribution < -0.4 is 5.32 Å². The fourth-order valence-corrected chi connectivity index (χ4v) is 3.36. The minimum atomic E-state index is -0.317. The summed E-state index contributed by atoms with van der Waals surface area (Å²) in [6, 6.07) is 4.57. The summed E-state index contributed by atoms with van der Waals surface area (Å²) in [5.74, 6) is 0.598. The maximum atomic E-state index is 13.1. The second kappa shape index (κ2) is 5.90. The minimum Gasteiger partial charge on any atom is -0.378 e. The Labute approximate surface area is 132 Å². The largest absolute Gasteiger partial charge is 0.378 e. The average Bonchev–Trinajstić information content (AvgIpc) is 3.07. The van der Waals surface area contributed by atoms with Gasteiger partial charge in [-0.2, -0.15) is 0 Å². The standard InChI is InChI=1S/C16H18FN3O3/c17-9-1-2-11-13(5-9)19-15(18-11)7-22-8-16(21)20-12-6-14-10(12)3-4-23-14/h1-2,5,10,12,14H,3-4,6-8H2,(H,18,19)(H,20,21)/t10-,12+,14+/m0/s1. The number of hydrogen-bond donors (Lipinski definition) is 2. The molecule has 0 radical (unpaired) electrons. The number of hydrogen-bond acceptors (Lipinski definition) is 4. The smallest absolute Gasteiger partial charge is 0.246 e. The van der Waals surface area contributed by atoms with Crippen LogP contribution in [0.3, 0.4) is 0 Å². The van der Waals surface area contributed by atoms with Crippen LogP contribution in [0, 0.1) is 11.7 Å². The van der Waals surface area contributed by atoms with Crippen LogP contribution in [0.2, 0.25) is 0 Å². The molecule has 1 aromatic heterocycles. The molecule has 0 spiro atoms. The van der Waals surface area contributed by atoms with Crippen LogP contribution in [0.4, 0.5) is 4.39 Å². The molecule has 2 fully saturated rings. The van der Waals surface area contributed by atoms with Crippen LogP contribution in [0.5, 0.6) is 0 Å². The summed E-state index contributed by atoms with van der Waals surface area (Å²) in [7, 11) is 0. The number of ether oxygens (including phenoxy) is 2. The van der Waals surface area contributed by atoms with Crippen LogP contribution >= 0.6 is 0 Å². The van der Waals surface area contributed by atoms with E-state index in [1.807, 2.05) is 0 Å². The first-order valence-corrected chi connectivity index (χ1v) is 7.82. The third kappa shape index (κ3) is 2.94. The molecule has 2 N–H and O–H groups in total. The zero-order valence-electron chi connectivity index (χ0n) is 12.5. The molecular weight excluding hydrogens is 301 g/mol. The summed E-state index contributed by atoms with van der Waals surface area (Å²) < 4.78 is 24.0. The number of nitrogens with zero attached hydrogens (tertiary/aromatic N) is 1. The number of fused-ring (bicyclic) bond motifs is 2. The van der Waals surface area contributed by atoms with Gasteiger partial charge in [0.25, 0.3) is 0 Å². The first-order chi connectivity index (χ1) is 11.2. The van der Waals surface area contributed by atoms with Crippen LogP contribution in [-0.2, 0) is 20.9 Å². The topological polar surface area (TPSA) is 76.2 Å². The van der Waals surface area contributed by atoms with Crippen molar-refractivity contribution in [2.45, 2.75) is 31.6 Å². The van der Waals surface area contributed by atoms with E-state index in [-0.39, 0.29) is 31.0 Å². The van der Waals surface area contributed by atoms with E-state index in [1.165, 1.54) is 12.1 Å². The van der Waals surface area contributed by atoms with Gasteiger partial charge in [0.05, 0.1) is 17.1 Å². The number of aromatic nitrogens is 2. The highest BCUT2D eigenvalue weighted by Gasteiger charge is 2.45. The summed E-state index contributed by atoms with van der Waals surface area (Å²) >= 11 is 0. The molecule has 2 heterocycles. The Kier molecular flexibility index (Phi) is 3.74. The van der Waals surface area contributed by atoms with E-state index in [9.17, 15) is 9.18 Å². The van der Waals surface area contributed by atoms with Gasteiger partial charge in [-0.3, -0.25) is 4.79 Å². The second-order valence-corrected chi connectivity index (χ2v) is 6.11. The summed E-state index contributed by atoms with van der Waals surface area (Å²) in [5, 5.41) is 2.98. The van der Waals surface area contributed by atoms with E-state index in [0.717, 1.165) is 19.4 Å². The SMILES string of the molecule is O=C(COCc1nc2ccc(F)cc2[nH]1)N[C@@H]1C[C@H]2OCC[C@@H]12. The normalized spacial score (nSPS) is 26.0. The molecular formula is C16H18FN3O3. The number of nitrogens with one attached hydrogen (secondary N) is 2. The number of imidazole rings is 1. The van der Waals surface area contributed by atoms with E-state index in [1.54, 1.807) is 6.07 Å². The van der Waals surface area contributed by atoms with Crippen molar-refractivity contribution in [1.82, 2.24) is 15.3 Å². The van der Waals surface area contributed by atoms with Crippen LogP contribution in [0.15, 0.2) is 18.2 Å². The number of benzene rings is 1. The van der Waals surface area contributed by atoms with Gasteiger partial charge >= 0.3 is 0 Å². The lowest BCUT2D eigenvalue weighted by atomic mass is 9.76. The molecule has 1 aliphatic heterocycles. The molecule has 23 heavy (non-hydrogen) atoms. The summed E-state index contributed by atoms with van der Waals surface area (Å²) in [6.45, 7) is 0.967. The second-order valence-electron chi connectivity index (χ2n) is 6.11. The lowest BCUT2D eigenvalue weighted by Crippen LogP contribution is -2.54. The molecule has 0 unspecified atom stereocenters. The molecule has 7 heteroatoms. The van der Waals surface area contributed by atoms with Gasteiger partial charge in [-0.05, 0) is 31.0 Å². The van der Waals surface area contributed by atoms with Gasteiger partial charge in [0, 0.05) is 18.6 Å². The van der Waals surface area contributed by atoms with Crippen molar-refractivity contribution in [3.63, 3.8) is 0 Å². The number of carbonyl (C=O) groups is 1. The molecule has 1 aromatic carbocycles. The Morgan fingerprint density at radius 3 is 3.30 bits per heavy atom. The molecule has 3 atom stereocenters. The Morgan fingerprint density at radius 1 is 1.52 bits per heavy atom. The number of amides is 1. The highest BCUT2D eigenvalue weighted by atomic mass is 19.1. The summed E-state index contributed by atoms with van der Waals surface area (Å²) in [5.41, 5.74) is 1.30. The number of H-pyrrole nitrogens is 1. The van der Waals surface area contributed by atoms with Gasteiger partial charge in [-0.1, -0.05) is 0 Å². The average molecular weight is 319 g/mol. The van der Waals surface area contributed by atoms with Gasteiger partial charge in [0.15, 0.2) is 0 Å². The van der Waals surface area contributed by atoms with Crippen molar-refractivity contribution in [3.05, 3.63) is 29.8 Å². The van der Waals surface area contributed by atoms with Gasteiger partial charge in [0.1, 0.15) is 24.9 Å². The fourth-order valence-electron chi connectivity index (χ4n) is 3.36. The van der Waals surface area contributed by atoms with E-state index < -0.39 is 0 Å². The van der Waals surface area contributed by atoms with Crippen molar-refractivity contribution >= 4 is 16.9 Å². The number of aromatic amines is 1. The van der Waals surface area contributed by atoms with Crippen molar-refractivity contribution in [2.24, 2.45) is 5.92 Å². The van der Waals surface area contributed by atoms with Crippen molar-refractivity contribution < 1.29 is 18.7 Å². The third-order valence-electron chi connectivity index (χ3n) is 4.58. The van der Waals surface area contributed by atoms with E-state index >= 15 is 0 Å². The minimum absolute atomic E-state index is 0.0137. The van der Waals surface area contributed by atoms with E-state index in [2.05, 4.69) is 15.3 Å². The molecule has 122 valence electrons. The summed E-state index contributed by atoms with van der Waals surface area (Å²) in [4.78, 5) is 19.2. The Balaban J connectivity index is 1.25. The van der Waals surface area contributed by atoms with Crippen molar-refractivity contribution in [3.8, 4) is 0 Å². The predicted molar refractivity (Wildman–Crippen MR) is 80.1 cm³/mol. The highest BCUT2D eigenvalue weighted by molar-refractivity contribution is 5.77. The van der Waals surface area contributed by atoms with E-state index in [0.29, 0.717) is 28.9 Å². The quantitative estimate of drug-likeness (QED) is 0.876. The van der Waals surface area contributed by atoms with Crippen LogP contribution in [-0.4, -0.2) is 41.2 Å². The molecule has 6 nitrogen and oxygen atoms in total. The van der Waals surface area contributed by atoms with Gasteiger partial charge in [0.2, 0.25) is 5.91 Å². The molecule has 1 aliphatic carbocycles. The maximum Gasteiger partial charge on any atom is 0.246 e. The number of halogens is 1. The number of rotatable bonds is 5. The summed E-state index contributed by atoms with van der Waals surface area (Å²) in [6.07, 6.45) is 2.24. The van der Waals surface area contributed by atoms with Crippen molar-refractivity contribution in [1.29, 1.82) is 0 Å². The first-order valence-electron chi connectivity index (χ1n) is 7.82. The zero-order chi connectivity index (χ0) is 15.8.